The molecule has 0 bridgehead atoms. The molecule has 2 aromatic rings. The maximum atomic E-state index is 5.57. The van der Waals surface area contributed by atoms with Gasteiger partial charge in [0.25, 0.3) is 0 Å². The summed E-state index contributed by atoms with van der Waals surface area (Å²) in [6.07, 6.45) is 4.32. The highest BCUT2D eigenvalue weighted by Crippen LogP contribution is 2.12. The molecule has 1 aromatic carbocycles. The van der Waals surface area contributed by atoms with Crippen molar-refractivity contribution in [2.75, 3.05) is 13.7 Å². The molecule has 0 aliphatic heterocycles. The Bertz CT molecular complexity index is 440. The first kappa shape index (κ1) is 11.5. The lowest BCUT2D eigenvalue weighted by Gasteiger charge is -2.06. The van der Waals surface area contributed by atoms with Crippen LogP contribution in [0.2, 0.25) is 0 Å². The van der Waals surface area contributed by atoms with Crippen LogP contribution in [0.25, 0.3) is 0 Å². The Morgan fingerprint density at radius 3 is 2.53 bits per heavy atom. The van der Waals surface area contributed by atoms with Gasteiger partial charge in [0.1, 0.15) is 11.5 Å². The Kier molecular flexibility index (Phi) is 3.97. The molecule has 0 N–H and O–H groups in total. The Morgan fingerprint density at radius 2 is 1.88 bits per heavy atom. The second-order valence-electron chi connectivity index (χ2n) is 3.64. The molecule has 0 unspecified atom stereocenters. The molecule has 0 saturated heterocycles. The maximum absolute atomic E-state index is 5.57. The van der Waals surface area contributed by atoms with E-state index >= 15 is 0 Å². The Balaban J connectivity index is 1.82. The third kappa shape index (κ3) is 3.48. The first-order chi connectivity index (χ1) is 8.38. The number of methoxy groups -OCH3 is 1. The number of pyridine rings is 1. The van der Waals surface area contributed by atoms with Gasteiger partial charge in [0.15, 0.2) is 0 Å². The number of rotatable bonds is 5. The van der Waals surface area contributed by atoms with E-state index in [1.165, 1.54) is 5.56 Å². The molecule has 88 valence electrons. The first-order valence-electron chi connectivity index (χ1n) is 5.54. The summed E-state index contributed by atoms with van der Waals surface area (Å²) in [5.41, 5.74) is 1.23. The van der Waals surface area contributed by atoms with Crippen LogP contribution in [-0.2, 0) is 6.42 Å². The van der Waals surface area contributed by atoms with Crippen LogP contribution in [0.1, 0.15) is 5.56 Å². The van der Waals surface area contributed by atoms with Crippen molar-refractivity contribution in [3.05, 3.63) is 54.4 Å². The van der Waals surface area contributed by atoms with Crippen molar-refractivity contribution >= 4 is 0 Å². The molecule has 0 amide bonds. The summed E-state index contributed by atoms with van der Waals surface area (Å²) in [6, 6.07) is 11.8. The lowest BCUT2D eigenvalue weighted by atomic mass is 10.1. The summed E-state index contributed by atoms with van der Waals surface area (Å²) in [7, 11) is 1.67. The third-order valence-corrected chi connectivity index (χ3v) is 2.45. The van der Waals surface area contributed by atoms with Gasteiger partial charge in [-0.15, -0.1) is 0 Å². The summed E-state index contributed by atoms with van der Waals surface area (Å²) in [5.74, 6) is 1.68. The van der Waals surface area contributed by atoms with Gasteiger partial charge in [-0.3, -0.25) is 4.98 Å². The highest BCUT2D eigenvalue weighted by atomic mass is 16.5. The minimum atomic E-state index is 0.651. The van der Waals surface area contributed by atoms with E-state index in [9.17, 15) is 0 Å². The standard InChI is InChI=1S/C14H15NO2/c1-16-13-6-4-12(5-7-13)8-10-17-14-3-2-9-15-11-14/h2-7,9,11H,8,10H2,1H3. The first-order valence-corrected chi connectivity index (χ1v) is 5.54. The van der Waals surface area contributed by atoms with E-state index in [2.05, 4.69) is 4.98 Å². The van der Waals surface area contributed by atoms with Gasteiger partial charge in [-0.25, -0.2) is 0 Å². The molecule has 0 aliphatic carbocycles. The molecular formula is C14H15NO2. The van der Waals surface area contributed by atoms with E-state index in [-0.39, 0.29) is 0 Å². The molecule has 0 radical (unpaired) electrons. The molecule has 17 heavy (non-hydrogen) atoms. The molecule has 0 saturated carbocycles. The summed E-state index contributed by atoms with van der Waals surface area (Å²) >= 11 is 0. The van der Waals surface area contributed by atoms with Gasteiger partial charge >= 0.3 is 0 Å². The van der Waals surface area contributed by atoms with E-state index in [1.54, 1.807) is 19.5 Å². The lowest BCUT2D eigenvalue weighted by molar-refractivity contribution is 0.320. The van der Waals surface area contributed by atoms with Gasteiger partial charge in [0.05, 0.1) is 19.9 Å². The fourth-order valence-corrected chi connectivity index (χ4v) is 1.51. The molecule has 2 rings (SSSR count). The fourth-order valence-electron chi connectivity index (χ4n) is 1.51. The van der Waals surface area contributed by atoms with Crippen molar-refractivity contribution in [2.45, 2.75) is 6.42 Å². The van der Waals surface area contributed by atoms with E-state index in [1.807, 2.05) is 36.4 Å². The SMILES string of the molecule is COc1ccc(CCOc2cccnc2)cc1. The topological polar surface area (TPSA) is 31.4 Å². The average molecular weight is 229 g/mol. The van der Waals surface area contributed by atoms with Crippen molar-refractivity contribution in [2.24, 2.45) is 0 Å². The van der Waals surface area contributed by atoms with Crippen LogP contribution in [0, 0.1) is 0 Å². The van der Waals surface area contributed by atoms with Crippen molar-refractivity contribution in [1.29, 1.82) is 0 Å². The minimum absolute atomic E-state index is 0.651. The highest BCUT2D eigenvalue weighted by molar-refractivity contribution is 5.27. The van der Waals surface area contributed by atoms with Crippen molar-refractivity contribution < 1.29 is 9.47 Å². The summed E-state index contributed by atoms with van der Waals surface area (Å²) < 4.78 is 10.7. The Morgan fingerprint density at radius 1 is 1.06 bits per heavy atom. The molecule has 0 fully saturated rings. The maximum Gasteiger partial charge on any atom is 0.137 e. The Hall–Kier alpha value is -2.03. The molecule has 3 heteroatoms. The molecule has 0 aliphatic rings. The number of aromatic nitrogens is 1. The van der Waals surface area contributed by atoms with Crippen molar-refractivity contribution in [1.82, 2.24) is 4.98 Å². The monoisotopic (exact) mass is 229 g/mol. The van der Waals surface area contributed by atoms with Crippen molar-refractivity contribution in [3.8, 4) is 11.5 Å². The van der Waals surface area contributed by atoms with Crippen LogP contribution in [0.3, 0.4) is 0 Å². The van der Waals surface area contributed by atoms with E-state index in [0.717, 1.165) is 17.9 Å². The van der Waals surface area contributed by atoms with Gasteiger partial charge in [-0.2, -0.15) is 0 Å². The lowest BCUT2D eigenvalue weighted by Crippen LogP contribution is -2.01. The summed E-state index contributed by atoms with van der Waals surface area (Å²) in [4.78, 5) is 3.99. The smallest absolute Gasteiger partial charge is 0.137 e. The van der Waals surface area contributed by atoms with Crippen LogP contribution in [-0.4, -0.2) is 18.7 Å². The van der Waals surface area contributed by atoms with Crippen LogP contribution >= 0.6 is 0 Å². The predicted molar refractivity (Wildman–Crippen MR) is 66.4 cm³/mol. The van der Waals surface area contributed by atoms with Gasteiger partial charge in [-0.05, 0) is 29.8 Å². The molecular weight excluding hydrogens is 214 g/mol. The predicted octanol–water partition coefficient (Wildman–Crippen LogP) is 2.71. The number of hydrogen-bond acceptors (Lipinski definition) is 3. The van der Waals surface area contributed by atoms with E-state index in [0.29, 0.717) is 6.61 Å². The number of hydrogen-bond donors (Lipinski definition) is 0. The van der Waals surface area contributed by atoms with Crippen LogP contribution < -0.4 is 9.47 Å². The molecule has 0 spiro atoms. The molecule has 1 aromatic heterocycles. The minimum Gasteiger partial charge on any atom is -0.497 e. The third-order valence-electron chi connectivity index (χ3n) is 2.45. The van der Waals surface area contributed by atoms with Gasteiger partial charge in [0, 0.05) is 12.6 Å². The second kappa shape index (κ2) is 5.89. The molecule has 1 heterocycles. The Labute approximate surface area is 101 Å². The van der Waals surface area contributed by atoms with Crippen molar-refractivity contribution in [3.63, 3.8) is 0 Å². The quantitative estimate of drug-likeness (QED) is 0.790. The molecule has 0 atom stereocenters. The number of benzene rings is 1. The van der Waals surface area contributed by atoms with Gasteiger partial charge in [-0.1, -0.05) is 12.1 Å². The van der Waals surface area contributed by atoms with Crippen LogP contribution in [0.15, 0.2) is 48.8 Å². The zero-order chi connectivity index (χ0) is 11.9. The zero-order valence-electron chi connectivity index (χ0n) is 9.80. The second-order valence-corrected chi connectivity index (χ2v) is 3.64. The number of nitrogens with zero attached hydrogens (tertiary/aromatic N) is 1. The van der Waals surface area contributed by atoms with E-state index < -0.39 is 0 Å². The zero-order valence-corrected chi connectivity index (χ0v) is 9.80. The molecule has 3 nitrogen and oxygen atoms in total. The fraction of sp³-hybridized carbons (Fsp3) is 0.214. The average Bonchev–Trinajstić information content (AvgIpc) is 2.41. The van der Waals surface area contributed by atoms with E-state index in [4.69, 9.17) is 9.47 Å². The normalized spacial score (nSPS) is 9.94. The largest absolute Gasteiger partial charge is 0.497 e. The van der Waals surface area contributed by atoms with Crippen LogP contribution in [0.4, 0.5) is 0 Å². The summed E-state index contributed by atoms with van der Waals surface area (Å²) in [5, 5.41) is 0. The van der Waals surface area contributed by atoms with Crippen LogP contribution in [0.5, 0.6) is 11.5 Å². The number of ether oxygens (including phenoxy) is 2. The highest BCUT2D eigenvalue weighted by Gasteiger charge is 1.96. The van der Waals surface area contributed by atoms with Gasteiger partial charge < -0.3 is 9.47 Å². The van der Waals surface area contributed by atoms with Gasteiger partial charge in [0.2, 0.25) is 0 Å². The summed E-state index contributed by atoms with van der Waals surface area (Å²) in [6.45, 7) is 0.651.